The number of nitriles is 1. The van der Waals surface area contributed by atoms with E-state index in [1.165, 1.54) is 18.3 Å². The first kappa shape index (κ1) is 13.7. The van der Waals surface area contributed by atoms with Crippen molar-refractivity contribution in [3.05, 3.63) is 41.9 Å². The third-order valence-electron chi connectivity index (χ3n) is 2.03. The highest BCUT2D eigenvalue weighted by Gasteiger charge is 2.09. The van der Waals surface area contributed by atoms with Gasteiger partial charge in [-0.25, -0.2) is 4.39 Å². The van der Waals surface area contributed by atoms with Gasteiger partial charge in [-0.3, -0.25) is 4.79 Å². The molecule has 0 radical (unpaired) electrons. The predicted octanol–water partition coefficient (Wildman–Crippen LogP) is 2.17. The summed E-state index contributed by atoms with van der Waals surface area (Å²) in [6, 6.07) is 7.71. The monoisotopic (exact) mass is 247 g/mol. The van der Waals surface area contributed by atoms with E-state index in [1.54, 1.807) is 32.0 Å². The van der Waals surface area contributed by atoms with Crippen LogP contribution in [-0.2, 0) is 4.79 Å². The maximum absolute atomic E-state index is 13.3. The van der Waals surface area contributed by atoms with E-state index in [9.17, 15) is 9.18 Å². The molecular formula is C13H14FN3O. The van der Waals surface area contributed by atoms with Crippen LogP contribution in [0.4, 0.5) is 10.1 Å². The number of halogens is 1. The third-order valence-corrected chi connectivity index (χ3v) is 2.03. The molecule has 0 unspecified atom stereocenters. The molecule has 0 bridgehead atoms. The Hall–Kier alpha value is -2.35. The molecule has 4 nitrogen and oxygen atoms in total. The van der Waals surface area contributed by atoms with Gasteiger partial charge in [-0.1, -0.05) is 12.1 Å². The molecule has 0 heterocycles. The Balaban J connectivity index is 2.79. The number of hydrogen-bond acceptors (Lipinski definition) is 3. The van der Waals surface area contributed by atoms with Gasteiger partial charge >= 0.3 is 0 Å². The number of hydrogen-bond donors (Lipinski definition) is 2. The molecule has 0 aromatic heterocycles. The highest BCUT2D eigenvalue weighted by molar-refractivity contribution is 5.97. The van der Waals surface area contributed by atoms with Crippen LogP contribution in [0.25, 0.3) is 0 Å². The first-order valence-electron chi connectivity index (χ1n) is 5.46. The Labute approximate surface area is 105 Å². The van der Waals surface area contributed by atoms with Crippen LogP contribution in [0.2, 0.25) is 0 Å². The zero-order chi connectivity index (χ0) is 13.5. The van der Waals surface area contributed by atoms with Crippen LogP contribution in [0, 0.1) is 17.1 Å². The lowest BCUT2D eigenvalue weighted by molar-refractivity contribution is -0.117. The van der Waals surface area contributed by atoms with Gasteiger partial charge in [0.05, 0.1) is 5.69 Å². The van der Waals surface area contributed by atoms with Gasteiger partial charge in [-0.2, -0.15) is 5.26 Å². The van der Waals surface area contributed by atoms with Gasteiger partial charge in [0.1, 0.15) is 17.5 Å². The Kier molecular flexibility index (Phi) is 4.88. The van der Waals surface area contributed by atoms with Crippen LogP contribution in [0.1, 0.15) is 13.8 Å². The molecule has 1 amide bonds. The Morgan fingerprint density at radius 3 is 2.67 bits per heavy atom. The normalized spacial score (nSPS) is 10.9. The van der Waals surface area contributed by atoms with Crippen molar-refractivity contribution in [2.45, 2.75) is 19.9 Å². The van der Waals surface area contributed by atoms with Crippen molar-refractivity contribution in [1.29, 1.82) is 5.26 Å². The number of benzene rings is 1. The summed E-state index contributed by atoms with van der Waals surface area (Å²) in [6.45, 7) is 3.58. The van der Waals surface area contributed by atoms with Gasteiger partial charge in [0.2, 0.25) is 0 Å². The van der Waals surface area contributed by atoms with Gasteiger partial charge < -0.3 is 10.6 Å². The number of carbonyl (C=O) groups excluding carboxylic acids is 1. The zero-order valence-corrected chi connectivity index (χ0v) is 10.2. The number of nitrogens with one attached hydrogen (secondary N) is 2. The van der Waals surface area contributed by atoms with Crippen molar-refractivity contribution in [3.63, 3.8) is 0 Å². The standard InChI is InChI=1S/C13H14FN3O/c1-9(2)17-13(18)10(7-15)8-16-12-6-4-3-5-11(12)14/h3-6,8-9,16H,1-2H3,(H,17,18)/b10-8-. The molecule has 94 valence electrons. The first-order valence-corrected chi connectivity index (χ1v) is 5.46. The SMILES string of the molecule is CC(C)NC(=O)/C(C#N)=C\Nc1ccccc1F. The van der Waals surface area contributed by atoms with E-state index < -0.39 is 11.7 Å². The molecule has 0 saturated carbocycles. The summed E-state index contributed by atoms with van der Waals surface area (Å²) in [7, 11) is 0. The summed E-state index contributed by atoms with van der Waals surface area (Å²) in [5.74, 6) is -0.938. The fraction of sp³-hybridized carbons (Fsp3) is 0.231. The molecule has 0 spiro atoms. The second-order valence-electron chi connectivity index (χ2n) is 3.92. The fourth-order valence-corrected chi connectivity index (χ4v) is 1.22. The highest BCUT2D eigenvalue weighted by atomic mass is 19.1. The number of para-hydroxylation sites is 1. The topological polar surface area (TPSA) is 64.9 Å². The molecule has 18 heavy (non-hydrogen) atoms. The maximum Gasteiger partial charge on any atom is 0.263 e. The van der Waals surface area contributed by atoms with Crippen LogP contribution in [-0.4, -0.2) is 11.9 Å². The minimum atomic E-state index is -0.490. The maximum atomic E-state index is 13.3. The van der Waals surface area contributed by atoms with E-state index in [4.69, 9.17) is 5.26 Å². The van der Waals surface area contributed by atoms with E-state index in [-0.39, 0.29) is 17.3 Å². The summed E-state index contributed by atoms with van der Waals surface area (Å²) in [5.41, 5.74) is 0.106. The molecule has 0 aliphatic rings. The quantitative estimate of drug-likeness (QED) is 0.633. The van der Waals surface area contributed by atoms with Crippen molar-refractivity contribution >= 4 is 11.6 Å². The highest BCUT2D eigenvalue weighted by Crippen LogP contribution is 2.12. The van der Waals surface area contributed by atoms with Crippen LogP contribution in [0.3, 0.4) is 0 Å². The smallest absolute Gasteiger partial charge is 0.263 e. The van der Waals surface area contributed by atoms with Crippen molar-refractivity contribution in [2.75, 3.05) is 5.32 Å². The van der Waals surface area contributed by atoms with Crippen molar-refractivity contribution in [1.82, 2.24) is 5.32 Å². The van der Waals surface area contributed by atoms with Crippen LogP contribution >= 0.6 is 0 Å². The van der Waals surface area contributed by atoms with E-state index in [2.05, 4.69) is 10.6 Å². The molecule has 0 atom stereocenters. The minimum Gasteiger partial charge on any atom is -0.358 e. The van der Waals surface area contributed by atoms with Gasteiger partial charge in [0.25, 0.3) is 5.91 Å². The Bertz CT molecular complexity index is 503. The van der Waals surface area contributed by atoms with E-state index >= 15 is 0 Å². The number of anilines is 1. The number of amides is 1. The third kappa shape index (κ3) is 3.91. The lowest BCUT2D eigenvalue weighted by atomic mass is 10.2. The predicted molar refractivity (Wildman–Crippen MR) is 67.0 cm³/mol. The number of rotatable bonds is 4. The summed E-state index contributed by atoms with van der Waals surface area (Å²) in [5, 5.41) is 14.0. The molecule has 0 aliphatic carbocycles. The largest absolute Gasteiger partial charge is 0.358 e. The summed E-state index contributed by atoms with van der Waals surface area (Å²) in [6.07, 6.45) is 1.19. The van der Waals surface area contributed by atoms with Crippen LogP contribution in [0.5, 0.6) is 0 Å². The average molecular weight is 247 g/mol. The lowest BCUT2D eigenvalue weighted by Crippen LogP contribution is -2.31. The second kappa shape index (κ2) is 6.40. The molecule has 1 rings (SSSR count). The Morgan fingerprint density at radius 1 is 1.44 bits per heavy atom. The minimum absolute atomic E-state index is 0.0669. The van der Waals surface area contributed by atoms with E-state index in [0.29, 0.717) is 0 Å². The van der Waals surface area contributed by atoms with Crippen molar-refractivity contribution in [2.24, 2.45) is 0 Å². The molecule has 5 heteroatoms. The molecule has 0 aliphatic heterocycles. The van der Waals surface area contributed by atoms with Crippen LogP contribution < -0.4 is 10.6 Å². The Morgan fingerprint density at radius 2 is 2.11 bits per heavy atom. The molecule has 0 saturated heterocycles. The lowest BCUT2D eigenvalue weighted by Gasteiger charge is -2.07. The molecule has 2 N–H and O–H groups in total. The number of nitrogens with zero attached hydrogens (tertiary/aromatic N) is 1. The van der Waals surface area contributed by atoms with Gasteiger partial charge in [0.15, 0.2) is 0 Å². The molecule has 1 aromatic rings. The summed E-state index contributed by atoms with van der Waals surface area (Å²) < 4.78 is 13.3. The van der Waals surface area contributed by atoms with Crippen molar-refractivity contribution in [3.8, 4) is 6.07 Å². The van der Waals surface area contributed by atoms with E-state index in [0.717, 1.165) is 0 Å². The molecule has 1 aromatic carbocycles. The van der Waals surface area contributed by atoms with Gasteiger partial charge in [0, 0.05) is 12.2 Å². The molecular weight excluding hydrogens is 233 g/mol. The first-order chi connectivity index (χ1) is 8.54. The summed E-state index contributed by atoms with van der Waals surface area (Å²) >= 11 is 0. The average Bonchev–Trinajstić information content (AvgIpc) is 2.31. The van der Waals surface area contributed by atoms with E-state index in [1.807, 2.05) is 0 Å². The number of carbonyl (C=O) groups is 1. The van der Waals surface area contributed by atoms with Crippen molar-refractivity contribution < 1.29 is 9.18 Å². The van der Waals surface area contributed by atoms with Gasteiger partial charge in [-0.15, -0.1) is 0 Å². The van der Waals surface area contributed by atoms with Gasteiger partial charge in [-0.05, 0) is 26.0 Å². The zero-order valence-electron chi connectivity index (χ0n) is 10.2. The second-order valence-corrected chi connectivity index (χ2v) is 3.92. The molecule has 0 fully saturated rings. The van der Waals surface area contributed by atoms with Crippen LogP contribution in [0.15, 0.2) is 36.0 Å². The fourth-order valence-electron chi connectivity index (χ4n) is 1.22. The summed E-state index contributed by atoms with van der Waals surface area (Å²) in [4.78, 5) is 11.6.